The lowest BCUT2D eigenvalue weighted by atomic mass is 10.1. The van der Waals surface area contributed by atoms with Crippen molar-refractivity contribution in [2.45, 2.75) is 37.6 Å². The van der Waals surface area contributed by atoms with E-state index >= 15 is 0 Å². The summed E-state index contributed by atoms with van der Waals surface area (Å²) in [5, 5.41) is 9.73. The summed E-state index contributed by atoms with van der Waals surface area (Å²) in [6.45, 7) is -0.723. The maximum Gasteiger partial charge on any atom is 0.280 e. The van der Waals surface area contributed by atoms with Gasteiger partial charge in [0, 0.05) is 6.42 Å². The minimum Gasteiger partial charge on any atom is -0.756 e. The van der Waals surface area contributed by atoms with E-state index in [9.17, 15) is 33.5 Å². The Hall–Kier alpha value is 0.330. The number of phosphoric acid groups is 3. The first-order chi connectivity index (χ1) is 10.4. The predicted molar refractivity (Wildman–Crippen MR) is 65.2 cm³/mol. The highest BCUT2D eigenvalue weighted by Crippen LogP contribution is 2.61. The Morgan fingerprint density at radius 2 is 1.70 bits per heavy atom. The van der Waals surface area contributed by atoms with Gasteiger partial charge in [0.15, 0.2) is 0 Å². The Balaban J connectivity index is 1.85. The molecule has 15 heteroatoms. The van der Waals surface area contributed by atoms with Crippen LogP contribution >= 0.6 is 23.5 Å². The molecule has 1 heterocycles. The van der Waals surface area contributed by atoms with Gasteiger partial charge in [-0.3, -0.25) is 13.7 Å². The van der Waals surface area contributed by atoms with E-state index in [1.54, 1.807) is 0 Å². The van der Waals surface area contributed by atoms with Gasteiger partial charge in [-0.15, -0.1) is 0 Å². The molecule has 1 aliphatic carbocycles. The standard InChI is InChI=1S/C8H17O12P3/c9-6-3-7(5-1-2-5)18-8(6)4-17-22(13,14)20-23(15,16)19-21(10,11)12/h5-9H,1-4H2,(H,13,14)(H,15,16)(H2,10,11,12)/p-3/t6?,7-,8-/m1/s1. The molecule has 136 valence electrons. The zero-order valence-electron chi connectivity index (χ0n) is 11.5. The van der Waals surface area contributed by atoms with Crippen molar-refractivity contribution in [3.63, 3.8) is 0 Å². The van der Waals surface area contributed by atoms with Gasteiger partial charge in [-0.2, -0.15) is 0 Å². The van der Waals surface area contributed by atoms with Gasteiger partial charge in [0.2, 0.25) is 0 Å². The minimum atomic E-state index is -5.91. The van der Waals surface area contributed by atoms with Gasteiger partial charge >= 0.3 is 0 Å². The Morgan fingerprint density at radius 1 is 1.09 bits per heavy atom. The van der Waals surface area contributed by atoms with Crippen LogP contribution in [-0.2, 0) is 31.6 Å². The van der Waals surface area contributed by atoms with E-state index in [2.05, 4.69) is 13.1 Å². The molecular formula is C8H14O12P3-3. The summed E-state index contributed by atoms with van der Waals surface area (Å²) >= 11 is 0. The average Bonchev–Trinajstić information content (AvgIpc) is 3.07. The molecule has 2 rings (SSSR count). The summed E-state index contributed by atoms with van der Waals surface area (Å²) in [6, 6.07) is 0. The van der Waals surface area contributed by atoms with Crippen molar-refractivity contribution < 1.29 is 56.3 Å². The lowest BCUT2D eigenvalue weighted by Gasteiger charge is -2.33. The molecule has 0 aromatic rings. The monoisotopic (exact) mass is 395 g/mol. The van der Waals surface area contributed by atoms with Crippen molar-refractivity contribution in [3.8, 4) is 0 Å². The maximum atomic E-state index is 11.3. The predicted octanol–water partition coefficient (Wildman–Crippen LogP) is -1.64. The highest BCUT2D eigenvalue weighted by molar-refractivity contribution is 7.65. The lowest BCUT2D eigenvalue weighted by molar-refractivity contribution is -0.250. The summed E-state index contributed by atoms with van der Waals surface area (Å²) in [5.74, 6) is 0.302. The summed E-state index contributed by atoms with van der Waals surface area (Å²) in [6.07, 6.45) is -0.0181. The second-order valence-corrected chi connectivity index (χ2v) is 9.47. The van der Waals surface area contributed by atoms with Crippen LogP contribution in [0, 0.1) is 5.92 Å². The molecule has 2 aliphatic rings. The third-order valence-electron chi connectivity index (χ3n) is 3.20. The summed E-state index contributed by atoms with van der Waals surface area (Å²) in [4.78, 5) is 40.8. The highest BCUT2D eigenvalue weighted by atomic mass is 31.3. The van der Waals surface area contributed by atoms with Crippen LogP contribution in [0.25, 0.3) is 0 Å². The second-order valence-electron chi connectivity index (χ2n) is 5.18. The van der Waals surface area contributed by atoms with Crippen LogP contribution in [0.1, 0.15) is 19.3 Å². The van der Waals surface area contributed by atoms with E-state index in [-0.39, 0.29) is 6.10 Å². The molecule has 0 amide bonds. The number of ether oxygens (including phenoxy) is 1. The molecule has 12 nitrogen and oxygen atoms in total. The molecule has 0 bridgehead atoms. The Bertz CT molecular complexity index is 569. The number of rotatable bonds is 8. The van der Waals surface area contributed by atoms with E-state index < -0.39 is 42.3 Å². The number of hydrogen-bond acceptors (Lipinski definition) is 11. The molecule has 1 saturated heterocycles. The van der Waals surface area contributed by atoms with Gasteiger partial charge in [0.1, 0.15) is 6.10 Å². The minimum absolute atomic E-state index is 0.222. The van der Waals surface area contributed by atoms with E-state index in [0.717, 1.165) is 12.8 Å². The topological polar surface area (TPSA) is 198 Å². The molecule has 0 spiro atoms. The molecule has 1 saturated carbocycles. The molecule has 0 aromatic heterocycles. The van der Waals surface area contributed by atoms with Gasteiger partial charge < -0.3 is 33.9 Å². The van der Waals surface area contributed by atoms with Crippen LogP contribution in [0.2, 0.25) is 0 Å². The molecule has 2 N–H and O–H groups in total. The SMILES string of the molecule is O=P([O-])(O)OP(=O)([O-])OP(=O)([O-])OC[C@H]1O[C@@H](C2CC2)CC1O. The number of aliphatic hydroxyl groups excluding tert-OH is 1. The summed E-state index contributed by atoms with van der Waals surface area (Å²) in [5.41, 5.74) is 0. The quantitative estimate of drug-likeness (QED) is 0.445. The van der Waals surface area contributed by atoms with Gasteiger partial charge in [0.05, 0.1) is 18.8 Å². The van der Waals surface area contributed by atoms with Crippen LogP contribution < -0.4 is 14.7 Å². The van der Waals surface area contributed by atoms with Gasteiger partial charge in [-0.25, -0.2) is 8.62 Å². The average molecular weight is 395 g/mol. The van der Waals surface area contributed by atoms with Gasteiger partial charge in [-0.1, -0.05) is 0 Å². The maximum absolute atomic E-state index is 11.3. The molecule has 23 heavy (non-hydrogen) atoms. The van der Waals surface area contributed by atoms with Crippen LogP contribution in [0.4, 0.5) is 0 Å². The first kappa shape index (κ1) is 19.7. The van der Waals surface area contributed by atoms with E-state index in [1.807, 2.05) is 0 Å². The Labute approximate surface area is 130 Å². The van der Waals surface area contributed by atoms with Crippen LogP contribution in [0.5, 0.6) is 0 Å². The highest BCUT2D eigenvalue weighted by Gasteiger charge is 2.42. The van der Waals surface area contributed by atoms with E-state index in [0.29, 0.717) is 12.3 Å². The van der Waals surface area contributed by atoms with Crippen molar-refractivity contribution in [3.05, 3.63) is 0 Å². The third-order valence-corrected chi connectivity index (χ3v) is 6.89. The summed E-state index contributed by atoms with van der Waals surface area (Å²) < 4.78 is 48.8. The normalized spacial score (nSPS) is 36.1. The first-order valence-corrected chi connectivity index (χ1v) is 10.9. The first-order valence-electron chi connectivity index (χ1n) is 6.43. The van der Waals surface area contributed by atoms with Crippen LogP contribution in [0.3, 0.4) is 0 Å². The van der Waals surface area contributed by atoms with E-state index in [4.69, 9.17) is 9.63 Å². The summed E-state index contributed by atoms with van der Waals surface area (Å²) in [7, 11) is -17.2. The van der Waals surface area contributed by atoms with Crippen molar-refractivity contribution in [1.29, 1.82) is 0 Å². The van der Waals surface area contributed by atoms with Crippen molar-refractivity contribution in [2.24, 2.45) is 5.92 Å². The van der Waals surface area contributed by atoms with Crippen LogP contribution in [-0.4, -0.2) is 34.9 Å². The van der Waals surface area contributed by atoms with Crippen molar-refractivity contribution >= 4 is 23.5 Å². The smallest absolute Gasteiger partial charge is 0.280 e. The zero-order chi connectivity index (χ0) is 17.5. The molecular weight excluding hydrogens is 381 g/mol. The fraction of sp³-hybridized carbons (Fsp3) is 1.00. The third kappa shape index (κ3) is 6.62. The fourth-order valence-electron chi connectivity index (χ4n) is 2.13. The van der Waals surface area contributed by atoms with Crippen LogP contribution in [0.15, 0.2) is 0 Å². The number of aliphatic hydroxyl groups is 1. The van der Waals surface area contributed by atoms with Crippen molar-refractivity contribution in [2.75, 3.05) is 6.61 Å². The van der Waals surface area contributed by atoms with Crippen molar-refractivity contribution in [1.82, 2.24) is 0 Å². The van der Waals surface area contributed by atoms with Gasteiger partial charge in [0.25, 0.3) is 23.5 Å². The Morgan fingerprint density at radius 3 is 2.22 bits per heavy atom. The second kappa shape index (κ2) is 6.92. The largest absolute Gasteiger partial charge is 0.756 e. The molecule has 6 atom stereocenters. The fourth-order valence-corrected chi connectivity index (χ4v) is 5.03. The zero-order valence-corrected chi connectivity index (χ0v) is 14.1. The number of phosphoric ester groups is 1. The molecule has 1 aliphatic heterocycles. The van der Waals surface area contributed by atoms with Gasteiger partial charge in [-0.05, 0) is 18.8 Å². The Kier molecular flexibility index (Phi) is 5.91. The lowest BCUT2D eigenvalue weighted by Crippen LogP contribution is -2.27. The molecule has 0 radical (unpaired) electrons. The number of hydrogen-bond donors (Lipinski definition) is 2. The van der Waals surface area contributed by atoms with E-state index in [1.165, 1.54) is 0 Å². The molecule has 4 unspecified atom stereocenters. The molecule has 2 fully saturated rings. The molecule has 0 aromatic carbocycles.